The van der Waals surface area contributed by atoms with Crippen LogP contribution >= 0.6 is 0 Å². The third-order valence-electron chi connectivity index (χ3n) is 4.61. The summed E-state index contributed by atoms with van der Waals surface area (Å²) in [5, 5.41) is 2.37. The van der Waals surface area contributed by atoms with E-state index in [4.69, 9.17) is 5.73 Å². The molecular weight excluding hydrogens is 261 g/mol. The zero-order valence-electron chi connectivity index (χ0n) is 11.6. The van der Waals surface area contributed by atoms with Crippen LogP contribution in [0.3, 0.4) is 0 Å². The number of nitrogens with two attached hydrogens (primary N) is 1. The van der Waals surface area contributed by atoms with Gasteiger partial charge in [0.2, 0.25) is 0 Å². The smallest absolute Gasteiger partial charge is 0.123 e. The van der Waals surface area contributed by atoms with E-state index in [2.05, 4.69) is 24.3 Å². The molecule has 1 aliphatic rings. The van der Waals surface area contributed by atoms with E-state index in [1.54, 1.807) is 6.07 Å². The van der Waals surface area contributed by atoms with E-state index in [9.17, 15) is 4.39 Å². The molecule has 3 aromatic rings. The summed E-state index contributed by atoms with van der Waals surface area (Å²) in [7, 11) is 0. The first kappa shape index (κ1) is 12.5. The van der Waals surface area contributed by atoms with Gasteiger partial charge in [-0.2, -0.15) is 0 Å². The lowest BCUT2D eigenvalue weighted by Gasteiger charge is -2.27. The van der Waals surface area contributed by atoms with Gasteiger partial charge in [-0.05, 0) is 52.4 Å². The van der Waals surface area contributed by atoms with Gasteiger partial charge >= 0.3 is 0 Å². The van der Waals surface area contributed by atoms with Crippen LogP contribution in [0.25, 0.3) is 10.8 Å². The van der Waals surface area contributed by atoms with E-state index >= 15 is 0 Å². The number of benzene rings is 3. The highest BCUT2D eigenvalue weighted by Crippen LogP contribution is 2.42. The SMILES string of the molecule is NC1(c2cccc3ccccc23)CCc2cc(F)ccc21. The molecule has 1 nitrogen and oxygen atoms in total. The van der Waals surface area contributed by atoms with Crippen LogP contribution in [0.2, 0.25) is 0 Å². The Labute approximate surface area is 123 Å². The molecule has 104 valence electrons. The van der Waals surface area contributed by atoms with Crippen LogP contribution in [0, 0.1) is 5.82 Å². The Morgan fingerprint density at radius 1 is 0.905 bits per heavy atom. The maximum Gasteiger partial charge on any atom is 0.123 e. The third-order valence-corrected chi connectivity index (χ3v) is 4.61. The molecule has 0 radical (unpaired) electrons. The molecule has 0 saturated carbocycles. The standard InChI is InChI=1S/C19H16FN/c20-15-8-9-17-14(12-15)10-11-19(17,21)18-7-3-5-13-4-1-2-6-16(13)18/h1-9,12H,10-11,21H2. The van der Waals surface area contributed by atoms with Gasteiger partial charge in [-0.1, -0.05) is 48.5 Å². The first-order valence-corrected chi connectivity index (χ1v) is 7.24. The molecule has 21 heavy (non-hydrogen) atoms. The number of rotatable bonds is 1. The number of fused-ring (bicyclic) bond motifs is 2. The van der Waals surface area contributed by atoms with E-state index in [1.165, 1.54) is 16.8 Å². The summed E-state index contributed by atoms with van der Waals surface area (Å²) in [6, 6.07) is 19.5. The number of aryl methyl sites for hydroxylation is 1. The molecule has 1 unspecified atom stereocenters. The third kappa shape index (κ3) is 1.79. The average Bonchev–Trinajstić information content (AvgIpc) is 2.84. The van der Waals surface area contributed by atoms with Crippen LogP contribution in [-0.2, 0) is 12.0 Å². The van der Waals surface area contributed by atoms with Crippen molar-refractivity contribution in [3.63, 3.8) is 0 Å². The Balaban J connectivity index is 1.98. The average molecular weight is 277 g/mol. The fourth-order valence-electron chi connectivity index (χ4n) is 3.57. The number of halogens is 1. The Morgan fingerprint density at radius 3 is 2.62 bits per heavy atom. The zero-order valence-corrected chi connectivity index (χ0v) is 11.6. The highest BCUT2D eigenvalue weighted by molar-refractivity contribution is 5.87. The lowest BCUT2D eigenvalue weighted by Crippen LogP contribution is -2.35. The van der Waals surface area contributed by atoms with Crippen molar-refractivity contribution in [2.45, 2.75) is 18.4 Å². The van der Waals surface area contributed by atoms with Gasteiger partial charge in [-0.25, -0.2) is 4.39 Å². The molecule has 3 aromatic carbocycles. The molecule has 2 N–H and O–H groups in total. The molecule has 0 bridgehead atoms. The molecule has 1 atom stereocenters. The molecular formula is C19H16FN. The van der Waals surface area contributed by atoms with Crippen molar-refractivity contribution in [1.29, 1.82) is 0 Å². The van der Waals surface area contributed by atoms with Crippen LogP contribution in [0.4, 0.5) is 4.39 Å². The second-order valence-corrected chi connectivity index (χ2v) is 5.80. The van der Waals surface area contributed by atoms with E-state index in [1.807, 2.05) is 24.3 Å². The summed E-state index contributed by atoms with van der Waals surface area (Å²) in [6.07, 6.45) is 1.65. The highest BCUT2D eigenvalue weighted by Gasteiger charge is 2.37. The van der Waals surface area contributed by atoms with Gasteiger partial charge in [-0.15, -0.1) is 0 Å². The van der Waals surface area contributed by atoms with Crippen molar-refractivity contribution in [3.05, 3.63) is 83.2 Å². The molecule has 0 saturated heterocycles. The summed E-state index contributed by atoms with van der Waals surface area (Å²) in [5.74, 6) is -0.184. The van der Waals surface area contributed by atoms with Gasteiger partial charge in [0.25, 0.3) is 0 Å². The van der Waals surface area contributed by atoms with Crippen molar-refractivity contribution >= 4 is 10.8 Å². The molecule has 0 heterocycles. The van der Waals surface area contributed by atoms with Crippen LogP contribution in [0.15, 0.2) is 60.7 Å². The highest BCUT2D eigenvalue weighted by atomic mass is 19.1. The minimum absolute atomic E-state index is 0.184. The summed E-state index contributed by atoms with van der Waals surface area (Å²) < 4.78 is 13.4. The zero-order chi connectivity index (χ0) is 14.4. The van der Waals surface area contributed by atoms with Crippen molar-refractivity contribution in [1.82, 2.24) is 0 Å². The maximum absolute atomic E-state index is 13.4. The van der Waals surface area contributed by atoms with E-state index in [0.717, 1.165) is 29.5 Å². The van der Waals surface area contributed by atoms with Crippen LogP contribution < -0.4 is 5.73 Å². The van der Waals surface area contributed by atoms with Gasteiger partial charge in [0.1, 0.15) is 5.82 Å². The molecule has 0 spiro atoms. The molecule has 0 fully saturated rings. The Kier molecular flexibility index (Phi) is 2.63. The van der Waals surface area contributed by atoms with E-state index in [0.29, 0.717) is 0 Å². The number of hydrogen-bond acceptors (Lipinski definition) is 1. The van der Waals surface area contributed by atoms with Crippen molar-refractivity contribution in [3.8, 4) is 0 Å². The van der Waals surface area contributed by atoms with Gasteiger partial charge < -0.3 is 5.73 Å². The van der Waals surface area contributed by atoms with Gasteiger partial charge in [0.15, 0.2) is 0 Å². The van der Waals surface area contributed by atoms with Crippen molar-refractivity contribution in [2.75, 3.05) is 0 Å². The largest absolute Gasteiger partial charge is 0.318 e. The molecule has 0 amide bonds. The summed E-state index contributed by atoms with van der Waals surface area (Å²) >= 11 is 0. The summed E-state index contributed by atoms with van der Waals surface area (Å²) in [4.78, 5) is 0. The fourth-order valence-corrected chi connectivity index (χ4v) is 3.57. The topological polar surface area (TPSA) is 26.0 Å². The van der Waals surface area contributed by atoms with E-state index in [-0.39, 0.29) is 5.82 Å². The normalized spacial score (nSPS) is 20.7. The number of hydrogen-bond donors (Lipinski definition) is 1. The lowest BCUT2D eigenvalue weighted by atomic mass is 9.82. The molecule has 0 aromatic heterocycles. The quantitative estimate of drug-likeness (QED) is 0.711. The second kappa shape index (κ2) is 4.40. The maximum atomic E-state index is 13.4. The molecule has 4 rings (SSSR count). The van der Waals surface area contributed by atoms with Crippen LogP contribution in [0.1, 0.15) is 23.1 Å². The summed E-state index contributed by atoms with van der Waals surface area (Å²) in [5.41, 5.74) is 9.48. The van der Waals surface area contributed by atoms with Crippen LogP contribution in [0.5, 0.6) is 0 Å². The Hall–Kier alpha value is -2.19. The Morgan fingerprint density at radius 2 is 1.71 bits per heavy atom. The first-order valence-electron chi connectivity index (χ1n) is 7.24. The second-order valence-electron chi connectivity index (χ2n) is 5.80. The predicted molar refractivity (Wildman–Crippen MR) is 83.6 cm³/mol. The van der Waals surface area contributed by atoms with Crippen LogP contribution in [-0.4, -0.2) is 0 Å². The lowest BCUT2D eigenvalue weighted by molar-refractivity contribution is 0.539. The molecule has 0 aliphatic heterocycles. The van der Waals surface area contributed by atoms with Gasteiger partial charge in [-0.3, -0.25) is 0 Å². The fraction of sp³-hybridized carbons (Fsp3) is 0.158. The first-order chi connectivity index (χ1) is 10.2. The van der Waals surface area contributed by atoms with Gasteiger partial charge in [0, 0.05) is 0 Å². The molecule has 1 aliphatic carbocycles. The predicted octanol–water partition coefficient (Wildman–Crippen LogP) is 4.13. The monoisotopic (exact) mass is 277 g/mol. The minimum atomic E-state index is -0.524. The minimum Gasteiger partial charge on any atom is -0.318 e. The Bertz CT molecular complexity index is 835. The van der Waals surface area contributed by atoms with Crippen molar-refractivity contribution in [2.24, 2.45) is 5.73 Å². The molecule has 2 heteroatoms. The van der Waals surface area contributed by atoms with E-state index < -0.39 is 5.54 Å². The van der Waals surface area contributed by atoms with Gasteiger partial charge in [0.05, 0.1) is 5.54 Å². The summed E-state index contributed by atoms with van der Waals surface area (Å²) in [6.45, 7) is 0. The van der Waals surface area contributed by atoms with Crippen molar-refractivity contribution < 1.29 is 4.39 Å².